The molecule has 1 spiro atoms. The topological polar surface area (TPSA) is 81.8 Å². The van der Waals surface area contributed by atoms with Crippen molar-refractivity contribution in [2.45, 2.75) is 63.2 Å². The summed E-state index contributed by atoms with van der Waals surface area (Å²) in [5.74, 6) is -0.711. The molecule has 4 aliphatic rings. The van der Waals surface area contributed by atoms with Crippen LogP contribution in [-0.4, -0.2) is 58.7 Å². The first-order valence-corrected chi connectivity index (χ1v) is 10.8. The third-order valence-corrected chi connectivity index (χ3v) is 7.11. The van der Waals surface area contributed by atoms with Gasteiger partial charge >= 0.3 is 0 Å². The fourth-order valence-corrected chi connectivity index (χ4v) is 5.34. The predicted octanol–water partition coefficient (Wildman–Crippen LogP) is 1.17. The number of hydrogen-bond donors (Lipinski definition) is 2. The minimum absolute atomic E-state index is 0.101. The lowest BCUT2D eigenvalue weighted by Crippen LogP contribution is -2.68. The van der Waals surface area contributed by atoms with E-state index >= 15 is 0 Å². The number of carbonyl (C=O) groups is 3. The molecule has 4 heterocycles. The minimum Gasteiger partial charge on any atom is -0.322 e. The Bertz CT molecular complexity index is 864. The third kappa shape index (κ3) is 3.26. The molecule has 7 nitrogen and oxygen atoms in total. The molecule has 3 saturated heterocycles. The Hall–Kier alpha value is -2.25. The van der Waals surface area contributed by atoms with Crippen LogP contribution in [0.5, 0.6) is 0 Å². The average molecular weight is 396 g/mol. The Kier molecular flexibility index (Phi) is 4.67. The van der Waals surface area contributed by atoms with Gasteiger partial charge in [0.15, 0.2) is 0 Å². The normalized spacial score (nSPS) is 26.8. The highest BCUT2D eigenvalue weighted by Crippen LogP contribution is 2.33. The van der Waals surface area contributed by atoms with Crippen molar-refractivity contribution in [3.63, 3.8) is 0 Å². The second kappa shape index (κ2) is 7.22. The summed E-state index contributed by atoms with van der Waals surface area (Å²) in [6.45, 7) is 4.61. The zero-order valence-corrected chi connectivity index (χ0v) is 16.7. The fraction of sp³-hybridized carbons (Fsp3) is 0.591. The maximum Gasteiger partial charge on any atom is 0.255 e. The number of hydrogen-bond acceptors (Lipinski definition) is 5. The van der Waals surface area contributed by atoms with E-state index in [0.717, 1.165) is 31.7 Å². The van der Waals surface area contributed by atoms with Gasteiger partial charge in [-0.3, -0.25) is 24.6 Å². The first-order valence-electron chi connectivity index (χ1n) is 10.8. The molecular weight excluding hydrogens is 368 g/mol. The molecule has 1 aromatic carbocycles. The van der Waals surface area contributed by atoms with Crippen molar-refractivity contribution in [2.75, 3.05) is 19.6 Å². The molecule has 1 aromatic rings. The van der Waals surface area contributed by atoms with Crippen LogP contribution in [-0.2, 0) is 22.7 Å². The van der Waals surface area contributed by atoms with Crippen LogP contribution in [0, 0.1) is 0 Å². The molecule has 1 unspecified atom stereocenters. The molecule has 0 saturated carbocycles. The van der Waals surface area contributed by atoms with Gasteiger partial charge in [-0.1, -0.05) is 25.0 Å². The molecule has 1 atom stereocenters. The van der Waals surface area contributed by atoms with Gasteiger partial charge in [0.2, 0.25) is 11.8 Å². The molecule has 154 valence electrons. The maximum absolute atomic E-state index is 12.9. The number of imide groups is 1. The Morgan fingerprint density at radius 2 is 1.97 bits per heavy atom. The predicted molar refractivity (Wildman–Crippen MR) is 107 cm³/mol. The Morgan fingerprint density at radius 1 is 1.10 bits per heavy atom. The van der Waals surface area contributed by atoms with Crippen molar-refractivity contribution in [3.8, 4) is 0 Å². The highest BCUT2D eigenvalue weighted by Gasteiger charge is 2.43. The molecule has 29 heavy (non-hydrogen) atoms. The van der Waals surface area contributed by atoms with Gasteiger partial charge in [0.25, 0.3) is 5.91 Å². The highest BCUT2D eigenvalue weighted by atomic mass is 16.2. The fourth-order valence-electron chi connectivity index (χ4n) is 5.34. The summed E-state index contributed by atoms with van der Waals surface area (Å²) in [5.41, 5.74) is 3.21. The van der Waals surface area contributed by atoms with E-state index in [9.17, 15) is 14.4 Å². The zero-order chi connectivity index (χ0) is 20.0. The summed E-state index contributed by atoms with van der Waals surface area (Å²) >= 11 is 0. The van der Waals surface area contributed by atoms with Crippen LogP contribution in [0.3, 0.4) is 0 Å². The largest absolute Gasteiger partial charge is 0.322 e. The van der Waals surface area contributed by atoms with E-state index in [4.69, 9.17) is 0 Å². The van der Waals surface area contributed by atoms with E-state index in [1.54, 1.807) is 4.90 Å². The van der Waals surface area contributed by atoms with E-state index in [-0.39, 0.29) is 24.1 Å². The highest BCUT2D eigenvalue weighted by molar-refractivity contribution is 6.05. The SMILES string of the molecule is O=C1CCC(N2Cc3cc(CN4CCCCCC45CNC5)ccc3C2=O)C(=O)N1. The average Bonchev–Trinajstić information content (AvgIpc) is 2.85. The minimum atomic E-state index is -0.550. The van der Waals surface area contributed by atoms with E-state index in [1.807, 2.05) is 6.07 Å². The van der Waals surface area contributed by atoms with Crippen LogP contribution in [0.4, 0.5) is 0 Å². The number of likely N-dealkylation sites (tertiary alicyclic amines) is 1. The summed E-state index contributed by atoms with van der Waals surface area (Å²) in [6.07, 6.45) is 5.80. The lowest BCUT2D eigenvalue weighted by atomic mass is 9.85. The Morgan fingerprint density at radius 3 is 2.72 bits per heavy atom. The van der Waals surface area contributed by atoms with Crippen LogP contribution in [0.15, 0.2) is 18.2 Å². The Balaban J connectivity index is 1.33. The summed E-state index contributed by atoms with van der Waals surface area (Å²) in [6, 6.07) is 5.58. The molecular formula is C22H28N4O3. The quantitative estimate of drug-likeness (QED) is 0.750. The molecule has 3 fully saturated rings. The zero-order valence-electron chi connectivity index (χ0n) is 16.7. The molecule has 7 heteroatoms. The standard InChI is InChI=1S/C22H28N4O3/c27-19-7-6-18(20(28)24-19)26-12-16-10-15(4-5-17(16)21(26)29)11-25-9-3-1-2-8-22(25)13-23-14-22/h4-5,10,18,23H,1-3,6-9,11-14H2,(H,24,27,28). The van der Waals surface area contributed by atoms with E-state index in [0.29, 0.717) is 24.1 Å². The number of fused-ring (bicyclic) bond motifs is 1. The molecule has 4 aliphatic heterocycles. The number of benzene rings is 1. The Labute approximate surface area is 170 Å². The smallest absolute Gasteiger partial charge is 0.255 e. The maximum atomic E-state index is 12.9. The van der Waals surface area contributed by atoms with Gasteiger partial charge in [-0.25, -0.2) is 0 Å². The van der Waals surface area contributed by atoms with Gasteiger partial charge in [0.1, 0.15) is 6.04 Å². The number of piperidine rings is 1. The molecule has 0 aromatic heterocycles. The second-order valence-electron chi connectivity index (χ2n) is 8.95. The first kappa shape index (κ1) is 18.8. The second-order valence-corrected chi connectivity index (χ2v) is 8.95. The van der Waals surface area contributed by atoms with Crippen molar-refractivity contribution in [1.29, 1.82) is 0 Å². The summed E-state index contributed by atoms with van der Waals surface area (Å²) < 4.78 is 0. The van der Waals surface area contributed by atoms with Gasteiger partial charge in [-0.15, -0.1) is 0 Å². The van der Waals surface area contributed by atoms with Crippen LogP contribution in [0.25, 0.3) is 0 Å². The lowest BCUT2D eigenvalue weighted by molar-refractivity contribution is -0.136. The van der Waals surface area contributed by atoms with Gasteiger partial charge < -0.3 is 10.2 Å². The van der Waals surface area contributed by atoms with E-state index < -0.39 is 6.04 Å². The van der Waals surface area contributed by atoms with Crippen LogP contribution in [0.2, 0.25) is 0 Å². The summed E-state index contributed by atoms with van der Waals surface area (Å²) in [5, 5.41) is 5.82. The molecule has 3 amide bonds. The van der Waals surface area contributed by atoms with Crippen molar-refractivity contribution >= 4 is 17.7 Å². The molecule has 0 radical (unpaired) electrons. The summed E-state index contributed by atoms with van der Waals surface area (Å²) in [4.78, 5) is 40.8. The third-order valence-electron chi connectivity index (χ3n) is 7.11. The molecule has 0 bridgehead atoms. The van der Waals surface area contributed by atoms with Crippen molar-refractivity contribution in [2.24, 2.45) is 0 Å². The number of carbonyl (C=O) groups excluding carboxylic acids is 3. The van der Waals surface area contributed by atoms with E-state index in [2.05, 4.69) is 27.7 Å². The number of rotatable bonds is 3. The first-order chi connectivity index (χ1) is 14.1. The van der Waals surface area contributed by atoms with E-state index in [1.165, 1.54) is 31.2 Å². The van der Waals surface area contributed by atoms with Gasteiger partial charge in [-0.05, 0) is 43.0 Å². The molecule has 2 N–H and O–H groups in total. The number of nitrogens with one attached hydrogen (secondary N) is 2. The van der Waals surface area contributed by atoms with Crippen LogP contribution < -0.4 is 10.6 Å². The molecule has 0 aliphatic carbocycles. The van der Waals surface area contributed by atoms with Crippen LogP contribution in [0.1, 0.15) is 60.0 Å². The van der Waals surface area contributed by atoms with Crippen LogP contribution >= 0.6 is 0 Å². The monoisotopic (exact) mass is 396 g/mol. The number of amides is 3. The molecule has 5 rings (SSSR count). The van der Waals surface area contributed by atoms with Crippen molar-refractivity contribution in [1.82, 2.24) is 20.4 Å². The lowest BCUT2D eigenvalue weighted by Gasteiger charge is -2.50. The van der Waals surface area contributed by atoms with Gasteiger partial charge in [-0.2, -0.15) is 0 Å². The van der Waals surface area contributed by atoms with Gasteiger partial charge in [0, 0.05) is 43.7 Å². The summed E-state index contributed by atoms with van der Waals surface area (Å²) in [7, 11) is 0. The number of nitrogens with zero attached hydrogens (tertiary/aromatic N) is 2. The van der Waals surface area contributed by atoms with Gasteiger partial charge in [0.05, 0.1) is 0 Å². The van der Waals surface area contributed by atoms with Crippen molar-refractivity contribution in [3.05, 3.63) is 34.9 Å². The van der Waals surface area contributed by atoms with Crippen molar-refractivity contribution < 1.29 is 14.4 Å².